The van der Waals surface area contributed by atoms with Gasteiger partial charge in [0.25, 0.3) is 0 Å². The van der Waals surface area contributed by atoms with E-state index in [1.807, 2.05) is 44.2 Å². The minimum atomic E-state index is -0.228. The molecule has 0 saturated heterocycles. The summed E-state index contributed by atoms with van der Waals surface area (Å²) in [5, 5.41) is 14.5. The predicted molar refractivity (Wildman–Crippen MR) is 78.8 cm³/mol. The number of carbonyl (C=O) groups is 1. The Morgan fingerprint density at radius 1 is 1.35 bits per heavy atom. The lowest BCUT2D eigenvalue weighted by Gasteiger charge is -2.19. The van der Waals surface area contributed by atoms with Gasteiger partial charge in [0.1, 0.15) is 11.9 Å². The van der Waals surface area contributed by atoms with E-state index in [2.05, 4.69) is 10.6 Å². The fraction of sp³-hybridized carbons (Fsp3) is 0.533. The van der Waals surface area contributed by atoms with Crippen molar-refractivity contribution >= 4 is 6.03 Å². The molecule has 0 spiro atoms. The number of para-hydroxylation sites is 1. The van der Waals surface area contributed by atoms with Gasteiger partial charge in [0, 0.05) is 12.6 Å². The normalized spacial score (nSPS) is 13.3. The molecular formula is C15H24N2O3. The average Bonchev–Trinajstić information content (AvgIpc) is 2.45. The summed E-state index contributed by atoms with van der Waals surface area (Å²) < 4.78 is 5.66. The summed E-state index contributed by atoms with van der Waals surface area (Å²) in [4.78, 5) is 11.7. The molecule has 0 bridgehead atoms. The second-order valence-corrected chi connectivity index (χ2v) is 4.71. The lowest BCUT2D eigenvalue weighted by molar-refractivity contribution is 0.203. The maximum atomic E-state index is 11.7. The van der Waals surface area contributed by atoms with Crippen LogP contribution >= 0.6 is 0 Å². The smallest absolute Gasteiger partial charge is 0.315 e. The van der Waals surface area contributed by atoms with Crippen molar-refractivity contribution in [3.8, 4) is 5.75 Å². The molecular weight excluding hydrogens is 256 g/mol. The van der Waals surface area contributed by atoms with E-state index in [0.29, 0.717) is 13.0 Å². The molecule has 0 aliphatic carbocycles. The molecule has 0 radical (unpaired) electrons. The number of carbonyl (C=O) groups excluding carboxylic acids is 1. The molecule has 0 fully saturated rings. The summed E-state index contributed by atoms with van der Waals surface area (Å²) in [6.07, 6.45) is 1.25. The third-order valence-corrected chi connectivity index (χ3v) is 2.94. The maximum Gasteiger partial charge on any atom is 0.315 e. The molecule has 0 aliphatic rings. The zero-order valence-corrected chi connectivity index (χ0v) is 12.1. The first-order chi connectivity index (χ1) is 9.65. The van der Waals surface area contributed by atoms with Gasteiger partial charge in [0.15, 0.2) is 0 Å². The van der Waals surface area contributed by atoms with Crippen LogP contribution in [0.5, 0.6) is 5.75 Å². The number of hydrogen-bond donors (Lipinski definition) is 3. The SMILES string of the molecule is CCC(CCO)NC(=O)NCC(C)Oc1ccccc1. The summed E-state index contributed by atoms with van der Waals surface area (Å²) in [5.74, 6) is 0.786. The molecule has 20 heavy (non-hydrogen) atoms. The Bertz CT molecular complexity index is 384. The summed E-state index contributed by atoms with van der Waals surface area (Å²) in [6.45, 7) is 4.38. The number of benzene rings is 1. The Hall–Kier alpha value is -1.75. The summed E-state index contributed by atoms with van der Waals surface area (Å²) in [6, 6.07) is 9.27. The van der Waals surface area contributed by atoms with Gasteiger partial charge in [-0.15, -0.1) is 0 Å². The van der Waals surface area contributed by atoms with E-state index >= 15 is 0 Å². The van der Waals surface area contributed by atoms with E-state index in [0.717, 1.165) is 12.2 Å². The van der Waals surface area contributed by atoms with Crippen molar-refractivity contribution in [1.29, 1.82) is 0 Å². The molecule has 2 atom stereocenters. The first-order valence-electron chi connectivity index (χ1n) is 7.02. The number of ether oxygens (including phenoxy) is 1. The number of rotatable bonds is 8. The summed E-state index contributed by atoms with van der Waals surface area (Å²) in [7, 11) is 0. The number of urea groups is 1. The second-order valence-electron chi connectivity index (χ2n) is 4.71. The van der Waals surface area contributed by atoms with E-state index in [9.17, 15) is 4.79 Å². The zero-order valence-electron chi connectivity index (χ0n) is 12.1. The lowest BCUT2D eigenvalue weighted by atomic mass is 10.2. The third-order valence-electron chi connectivity index (χ3n) is 2.94. The fourth-order valence-corrected chi connectivity index (χ4v) is 1.78. The molecule has 2 amide bonds. The molecule has 3 N–H and O–H groups in total. The van der Waals surface area contributed by atoms with E-state index in [4.69, 9.17) is 9.84 Å². The molecule has 5 heteroatoms. The molecule has 0 heterocycles. The van der Waals surface area contributed by atoms with Crippen molar-refractivity contribution < 1.29 is 14.6 Å². The summed E-state index contributed by atoms with van der Waals surface area (Å²) in [5.41, 5.74) is 0. The van der Waals surface area contributed by atoms with Crippen LogP contribution in [0.1, 0.15) is 26.7 Å². The first kappa shape index (κ1) is 16.3. The highest BCUT2D eigenvalue weighted by Crippen LogP contribution is 2.10. The molecule has 0 aliphatic heterocycles. The van der Waals surface area contributed by atoms with Crippen LogP contribution in [0.2, 0.25) is 0 Å². The maximum absolute atomic E-state index is 11.7. The Kier molecular flexibility index (Phi) is 7.50. The third kappa shape index (κ3) is 6.43. The number of hydrogen-bond acceptors (Lipinski definition) is 3. The van der Waals surface area contributed by atoms with Gasteiger partial charge in [-0.05, 0) is 31.9 Å². The highest BCUT2D eigenvalue weighted by molar-refractivity contribution is 5.74. The quantitative estimate of drug-likeness (QED) is 0.681. The van der Waals surface area contributed by atoms with E-state index < -0.39 is 0 Å². The zero-order chi connectivity index (χ0) is 14.8. The van der Waals surface area contributed by atoms with Crippen LogP contribution in [0, 0.1) is 0 Å². The average molecular weight is 280 g/mol. The Balaban J connectivity index is 2.26. The molecule has 5 nitrogen and oxygen atoms in total. The highest BCUT2D eigenvalue weighted by Gasteiger charge is 2.11. The van der Waals surface area contributed by atoms with Gasteiger partial charge in [-0.25, -0.2) is 4.79 Å². The monoisotopic (exact) mass is 280 g/mol. The number of nitrogens with one attached hydrogen (secondary N) is 2. The van der Waals surface area contributed by atoms with Gasteiger partial charge in [-0.3, -0.25) is 0 Å². The van der Waals surface area contributed by atoms with Gasteiger partial charge in [-0.1, -0.05) is 25.1 Å². The van der Waals surface area contributed by atoms with Crippen molar-refractivity contribution in [2.45, 2.75) is 38.8 Å². The van der Waals surface area contributed by atoms with Crippen LogP contribution in [-0.4, -0.2) is 36.4 Å². The van der Waals surface area contributed by atoms with E-state index in [-0.39, 0.29) is 24.8 Å². The van der Waals surface area contributed by atoms with Gasteiger partial charge in [0.2, 0.25) is 0 Å². The number of aliphatic hydroxyl groups is 1. The molecule has 112 valence electrons. The van der Waals surface area contributed by atoms with Crippen LogP contribution in [0.25, 0.3) is 0 Å². The Labute approximate surface area is 120 Å². The van der Waals surface area contributed by atoms with Crippen LogP contribution in [0.15, 0.2) is 30.3 Å². The standard InChI is InChI=1S/C15H24N2O3/c1-3-13(9-10-18)17-15(19)16-11-12(2)20-14-7-5-4-6-8-14/h4-8,12-13,18H,3,9-11H2,1-2H3,(H2,16,17,19). The highest BCUT2D eigenvalue weighted by atomic mass is 16.5. The molecule has 2 unspecified atom stereocenters. The van der Waals surface area contributed by atoms with Crippen molar-refractivity contribution in [3.63, 3.8) is 0 Å². The van der Waals surface area contributed by atoms with E-state index in [1.54, 1.807) is 0 Å². The predicted octanol–water partition coefficient (Wildman–Crippen LogP) is 1.91. The Morgan fingerprint density at radius 2 is 2.05 bits per heavy atom. The van der Waals surface area contributed by atoms with Gasteiger partial charge in [-0.2, -0.15) is 0 Å². The lowest BCUT2D eigenvalue weighted by Crippen LogP contribution is -2.45. The minimum absolute atomic E-state index is 0.00495. The topological polar surface area (TPSA) is 70.6 Å². The van der Waals surface area contributed by atoms with E-state index in [1.165, 1.54) is 0 Å². The molecule has 0 saturated carbocycles. The van der Waals surface area contributed by atoms with Crippen molar-refractivity contribution in [2.24, 2.45) is 0 Å². The van der Waals surface area contributed by atoms with Crippen LogP contribution < -0.4 is 15.4 Å². The molecule has 1 aromatic rings. The number of aliphatic hydroxyl groups excluding tert-OH is 1. The van der Waals surface area contributed by atoms with Crippen LogP contribution in [0.4, 0.5) is 4.79 Å². The minimum Gasteiger partial charge on any atom is -0.489 e. The van der Waals surface area contributed by atoms with Crippen LogP contribution in [0.3, 0.4) is 0 Å². The van der Waals surface area contributed by atoms with Crippen molar-refractivity contribution in [2.75, 3.05) is 13.2 Å². The molecule has 1 aromatic carbocycles. The van der Waals surface area contributed by atoms with Crippen molar-refractivity contribution in [3.05, 3.63) is 30.3 Å². The first-order valence-corrected chi connectivity index (χ1v) is 7.02. The fourth-order valence-electron chi connectivity index (χ4n) is 1.78. The van der Waals surface area contributed by atoms with Gasteiger partial charge >= 0.3 is 6.03 Å². The van der Waals surface area contributed by atoms with Crippen LogP contribution in [-0.2, 0) is 0 Å². The molecule has 1 rings (SSSR count). The second kappa shape index (κ2) is 9.20. The van der Waals surface area contributed by atoms with Crippen molar-refractivity contribution in [1.82, 2.24) is 10.6 Å². The van der Waals surface area contributed by atoms with Gasteiger partial charge < -0.3 is 20.5 Å². The molecule has 0 aromatic heterocycles. The largest absolute Gasteiger partial charge is 0.489 e. The summed E-state index contributed by atoms with van der Waals surface area (Å²) >= 11 is 0. The number of amides is 2. The van der Waals surface area contributed by atoms with Gasteiger partial charge in [0.05, 0.1) is 6.54 Å². The Morgan fingerprint density at radius 3 is 2.65 bits per heavy atom.